The van der Waals surface area contributed by atoms with Crippen molar-refractivity contribution in [3.63, 3.8) is 0 Å². The van der Waals surface area contributed by atoms with Crippen LogP contribution >= 0.6 is 0 Å². The number of benzene rings is 4. The van der Waals surface area contributed by atoms with Gasteiger partial charge in [0.2, 0.25) is 0 Å². The van der Waals surface area contributed by atoms with Gasteiger partial charge in [-0.25, -0.2) is 4.39 Å². The van der Waals surface area contributed by atoms with Crippen LogP contribution in [0.25, 0.3) is 12.2 Å². The third kappa shape index (κ3) is 8.15. The molecule has 4 rings (SSSR count). The van der Waals surface area contributed by atoms with Gasteiger partial charge in [0.15, 0.2) is 0 Å². The van der Waals surface area contributed by atoms with Gasteiger partial charge in [-0.2, -0.15) is 0 Å². The smallest absolute Gasteiger partial charge is 0.130 e. The van der Waals surface area contributed by atoms with E-state index in [2.05, 4.69) is 105 Å². The molecule has 37 heavy (non-hydrogen) atoms. The molecule has 1 atom stereocenters. The molecule has 0 aromatic heterocycles. The van der Waals surface area contributed by atoms with E-state index >= 15 is 0 Å². The van der Waals surface area contributed by atoms with Crippen molar-refractivity contribution in [2.24, 2.45) is 0 Å². The Morgan fingerprint density at radius 1 is 0.676 bits per heavy atom. The topological polar surface area (TPSA) is 0 Å². The van der Waals surface area contributed by atoms with E-state index in [9.17, 15) is 4.39 Å². The second-order valence-corrected chi connectivity index (χ2v) is 9.87. The molecule has 0 saturated heterocycles. The molecule has 4 aromatic rings. The van der Waals surface area contributed by atoms with Crippen LogP contribution in [0.2, 0.25) is 0 Å². The summed E-state index contributed by atoms with van der Waals surface area (Å²) in [4.78, 5) is 0. The van der Waals surface area contributed by atoms with Gasteiger partial charge < -0.3 is 0 Å². The van der Waals surface area contributed by atoms with Crippen LogP contribution in [0.5, 0.6) is 0 Å². The highest BCUT2D eigenvalue weighted by Crippen LogP contribution is 2.21. The predicted molar refractivity (Wildman–Crippen MR) is 157 cm³/mol. The van der Waals surface area contributed by atoms with E-state index in [1.165, 1.54) is 22.3 Å². The second kappa shape index (κ2) is 13.6. The molecule has 0 aliphatic rings. The van der Waals surface area contributed by atoms with E-state index in [1.54, 1.807) is 6.07 Å². The largest absolute Gasteiger partial charge is 0.206 e. The number of rotatable bonds is 11. The van der Waals surface area contributed by atoms with Crippen LogP contribution in [0.1, 0.15) is 65.1 Å². The van der Waals surface area contributed by atoms with Crippen molar-refractivity contribution >= 4 is 12.2 Å². The summed E-state index contributed by atoms with van der Waals surface area (Å²) < 4.78 is 14.8. The Morgan fingerprint density at radius 2 is 1.30 bits per heavy atom. The molecule has 0 fully saturated rings. The molecule has 188 valence electrons. The molecule has 0 saturated carbocycles. The number of allylic oxidation sites excluding steroid dienone is 2. The molecule has 0 heterocycles. The van der Waals surface area contributed by atoms with Gasteiger partial charge in [-0.1, -0.05) is 122 Å². The van der Waals surface area contributed by atoms with Crippen molar-refractivity contribution in [3.05, 3.63) is 154 Å². The standard InChI is InChI=1S/C36H37F/c1-3-4-6-9-29-12-14-30(15-13-29)18-21-33-23-25-35(36(37)27-33)24-22-31-16-19-32(20-17-31)26-28(2)34-10-7-5-8-11-34/h3-5,7-8,10-17,19-20,22-25,27-28H,6,9,18,21,26H2,1-2H3/b4-3+,24-22?/t28-/m1/s1. The summed E-state index contributed by atoms with van der Waals surface area (Å²) in [7, 11) is 0. The lowest BCUT2D eigenvalue weighted by atomic mass is 9.93. The Hall–Kier alpha value is -3.71. The molecular formula is C36H37F. The van der Waals surface area contributed by atoms with Crippen molar-refractivity contribution in [1.29, 1.82) is 0 Å². The Balaban J connectivity index is 1.29. The summed E-state index contributed by atoms with van der Waals surface area (Å²) >= 11 is 0. The fraction of sp³-hybridized carbons (Fsp3) is 0.222. The normalized spacial score (nSPS) is 12.4. The lowest BCUT2D eigenvalue weighted by Gasteiger charge is -2.12. The van der Waals surface area contributed by atoms with Gasteiger partial charge in [-0.15, -0.1) is 0 Å². The maximum Gasteiger partial charge on any atom is 0.130 e. The van der Waals surface area contributed by atoms with Crippen molar-refractivity contribution < 1.29 is 4.39 Å². The van der Waals surface area contributed by atoms with Crippen molar-refractivity contribution in [1.82, 2.24) is 0 Å². The van der Waals surface area contributed by atoms with Gasteiger partial charge in [0.25, 0.3) is 0 Å². The average Bonchev–Trinajstić information content (AvgIpc) is 2.93. The van der Waals surface area contributed by atoms with Crippen LogP contribution in [-0.2, 0) is 25.7 Å². The minimum atomic E-state index is -0.165. The first-order chi connectivity index (χ1) is 18.1. The highest BCUT2D eigenvalue weighted by Gasteiger charge is 2.06. The van der Waals surface area contributed by atoms with E-state index in [4.69, 9.17) is 0 Å². The van der Waals surface area contributed by atoms with Gasteiger partial charge in [-0.05, 0) is 84.4 Å². The molecule has 0 amide bonds. The van der Waals surface area contributed by atoms with Crippen LogP contribution in [0.3, 0.4) is 0 Å². The SMILES string of the molecule is C/C=C/CCc1ccc(CCc2ccc(C=Cc3ccc(C[C@@H](C)c4ccccc4)cc3)c(F)c2)cc1. The van der Waals surface area contributed by atoms with Gasteiger partial charge >= 0.3 is 0 Å². The van der Waals surface area contributed by atoms with Crippen molar-refractivity contribution in [2.45, 2.75) is 51.9 Å². The number of halogens is 1. The summed E-state index contributed by atoms with van der Waals surface area (Å²) in [6.45, 7) is 4.32. The Bertz CT molecular complexity index is 1300. The molecule has 4 aromatic carbocycles. The van der Waals surface area contributed by atoms with E-state index in [0.717, 1.165) is 43.2 Å². The van der Waals surface area contributed by atoms with Crippen LogP contribution in [0, 0.1) is 5.82 Å². The molecule has 0 unspecified atom stereocenters. The van der Waals surface area contributed by atoms with Crippen molar-refractivity contribution in [3.8, 4) is 0 Å². The predicted octanol–water partition coefficient (Wildman–Crippen LogP) is 9.64. The molecule has 0 N–H and O–H groups in total. The maximum atomic E-state index is 14.8. The monoisotopic (exact) mass is 488 g/mol. The van der Waals surface area contributed by atoms with Crippen LogP contribution in [0.15, 0.2) is 109 Å². The van der Waals surface area contributed by atoms with Crippen LogP contribution in [-0.4, -0.2) is 0 Å². The Labute approximate surface area is 222 Å². The summed E-state index contributed by atoms with van der Waals surface area (Å²) in [5.74, 6) is 0.309. The summed E-state index contributed by atoms with van der Waals surface area (Å²) in [5.41, 5.74) is 8.06. The van der Waals surface area contributed by atoms with Gasteiger partial charge in [0.1, 0.15) is 5.82 Å². The molecule has 0 aliphatic carbocycles. The van der Waals surface area contributed by atoms with E-state index < -0.39 is 0 Å². The van der Waals surface area contributed by atoms with E-state index in [1.807, 2.05) is 24.3 Å². The Kier molecular flexibility index (Phi) is 9.66. The highest BCUT2D eigenvalue weighted by molar-refractivity contribution is 5.70. The van der Waals surface area contributed by atoms with Gasteiger partial charge in [0, 0.05) is 5.56 Å². The number of hydrogen-bond acceptors (Lipinski definition) is 0. The summed E-state index contributed by atoms with van der Waals surface area (Å²) in [6, 6.07) is 33.6. The molecule has 0 radical (unpaired) electrons. The zero-order valence-electron chi connectivity index (χ0n) is 22.0. The third-order valence-corrected chi connectivity index (χ3v) is 6.97. The molecule has 0 aliphatic heterocycles. The summed E-state index contributed by atoms with van der Waals surface area (Å²) in [5, 5.41) is 0. The lowest BCUT2D eigenvalue weighted by molar-refractivity contribution is 0.622. The fourth-order valence-corrected chi connectivity index (χ4v) is 4.64. The maximum absolute atomic E-state index is 14.8. The third-order valence-electron chi connectivity index (χ3n) is 6.97. The molecule has 0 spiro atoms. The number of aryl methyl sites for hydroxylation is 3. The van der Waals surface area contributed by atoms with Gasteiger partial charge in [-0.3, -0.25) is 0 Å². The first kappa shape index (κ1) is 26.4. The average molecular weight is 489 g/mol. The van der Waals surface area contributed by atoms with Crippen LogP contribution < -0.4 is 0 Å². The second-order valence-electron chi connectivity index (χ2n) is 9.87. The fourth-order valence-electron chi connectivity index (χ4n) is 4.64. The molecule has 0 nitrogen and oxygen atoms in total. The van der Waals surface area contributed by atoms with Crippen molar-refractivity contribution in [2.75, 3.05) is 0 Å². The van der Waals surface area contributed by atoms with Crippen LogP contribution in [0.4, 0.5) is 4.39 Å². The summed E-state index contributed by atoms with van der Waals surface area (Å²) in [6.07, 6.45) is 13.1. The molecular weight excluding hydrogens is 451 g/mol. The highest BCUT2D eigenvalue weighted by atomic mass is 19.1. The Morgan fingerprint density at radius 3 is 1.97 bits per heavy atom. The van der Waals surface area contributed by atoms with E-state index in [-0.39, 0.29) is 5.82 Å². The minimum Gasteiger partial charge on any atom is -0.206 e. The minimum absolute atomic E-state index is 0.165. The lowest BCUT2D eigenvalue weighted by Crippen LogP contribution is -1.98. The van der Waals surface area contributed by atoms with E-state index in [0.29, 0.717) is 11.5 Å². The zero-order valence-corrected chi connectivity index (χ0v) is 22.0. The quantitative estimate of drug-likeness (QED) is 0.146. The molecule has 0 bridgehead atoms. The first-order valence-electron chi connectivity index (χ1n) is 13.4. The first-order valence-corrected chi connectivity index (χ1v) is 13.4. The van der Waals surface area contributed by atoms with Gasteiger partial charge in [0.05, 0.1) is 0 Å². The zero-order chi connectivity index (χ0) is 25.9. The number of hydrogen-bond donors (Lipinski definition) is 0. The molecule has 1 heteroatoms.